The molecule has 0 atom stereocenters. The van der Waals surface area contributed by atoms with Crippen LogP contribution in [-0.2, 0) is 4.79 Å². The van der Waals surface area contributed by atoms with Crippen LogP contribution in [-0.4, -0.2) is 16.1 Å². The van der Waals surface area contributed by atoms with Crippen molar-refractivity contribution in [2.45, 2.75) is 18.8 Å². The first-order chi connectivity index (χ1) is 5.77. The fourth-order valence-electron chi connectivity index (χ4n) is 1.68. The third-order valence-corrected chi connectivity index (χ3v) is 2.58. The van der Waals surface area contributed by atoms with Crippen LogP contribution in [0.4, 0.5) is 0 Å². The van der Waals surface area contributed by atoms with Crippen molar-refractivity contribution in [2.75, 3.05) is 0 Å². The molecule has 0 spiro atoms. The second kappa shape index (κ2) is 2.66. The number of aliphatic carboxylic acids is 1. The third kappa shape index (κ3) is 1.11. The average Bonchev–Trinajstić information content (AvgIpc) is 2.34. The molecule has 1 saturated carbocycles. The number of carboxylic acid groups (broad SMARTS) is 1. The minimum atomic E-state index is -0.651. The Kier molecular flexibility index (Phi) is 1.64. The molecule has 1 aliphatic rings. The van der Waals surface area contributed by atoms with Crippen molar-refractivity contribution in [3.8, 4) is 0 Å². The van der Waals surface area contributed by atoms with Crippen molar-refractivity contribution >= 4 is 5.97 Å². The summed E-state index contributed by atoms with van der Waals surface area (Å²) in [6.45, 7) is 0. The number of rotatable bonds is 2. The fraction of sp³-hybridized carbons (Fsp3) is 0.444. The normalized spacial score (nSPS) is 28.0. The second-order valence-corrected chi connectivity index (χ2v) is 3.35. The highest BCUT2D eigenvalue weighted by Gasteiger charge is 2.35. The molecule has 1 heterocycles. The van der Waals surface area contributed by atoms with E-state index in [1.165, 1.54) is 5.56 Å². The SMILES string of the molecule is O=C(O)C1CC(c2cc[nH]c2)C1. The van der Waals surface area contributed by atoms with E-state index < -0.39 is 5.97 Å². The van der Waals surface area contributed by atoms with E-state index in [1.807, 2.05) is 18.5 Å². The van der Waals surface area contributed by atoms with Gasteiger partial charge in [0, 0.05) is 12.4 Å². The van der Waals surface area contributed by atoms with Crippen LogP contribution in [0.25, 0.3) is 0 Å². The van der Waals surface area contributed by atoms with Gasteiger partial charge in [-0.15, -0.1) is 0 Å². The quantitative estimate of drug-likeness (QED) is 0.699. The minimum absolute atomic E-state index is 0.107. The zero-order valence-corrected chi connectivity index (χ0v) is 6.66. The van der Waals surface area contributed by atoms with Crippen LogP contribution in [0.5, 0.6) is 0 Å². The highest BCUT2D eigenvalue weighted by Crippen LogP contribution is 2.41. The van der Waals surface area contributed by atoms with Crippen LogP contribution in [0.3, 0.4) is 0 Å². The molecule has 0 amide bonds. The Morgan fingerprint density at radius 1 is 1.58 bits per heavy atom. The fourth-order valence-corrected chi connectivity index (χ4v) is 1.68. The van der Waals surface area contributed by atoms with Crippen molar-refractivity contribution in [1.29, 1.82) is 0 Å². The standard InChI is InChI=1S/C9H11NO2/c11-9(12)8-3-7(4-8)6-1-2-10-5-6/h1-2,5,7-8,10H,3-4H2,(H,11,12). The van der Waals surface area contributed by atoms with Gasteiger partial charge in [0.15, 0.2) is 0 Å². The Balaban J connectivity index is 1.94. The Hall–Kier alpha value is -1.25. The van der Waals surface area contributed by atoms with E-state index in [2.05, 4.69) is 4.98 Å². The molecule has 0 unspecified atom stereocenters. The Morgan fingerprint density at radius 3 is 2.83 bits per heavy atom. The van der Waals surface area contributed by atoms with Crippen molar-refractivity contribution in [3.05, 3.63) is 24.0 Å². The molecular formula is C9H11NO2. The molecule has 0 aromatic carbocycles. The summed E-state index contributed by atoms with van der Waals surface area (Å²) in [5.41, 5.74) is 1.24. The maximum atomic E-state index is 10.5. The highest BCUT2D eigenvalue weighted by atomic mass is 16.4. The summed E-state index contributed by atoms with van der Waals surface area (Å²) < 4.78 is 0. The van der Waals surface area contributed by atoms with Gasteiger partial charge >= 0.3 is 5.97 Å². The molecule has 3 heteroatoms. The van der Waals surface area contributed by atoms with E-state index in [0.717, 1.165) is 12.8 Å². The lowest BCUT2D eigenvalue weighted by Crippen LogP contribution is -2.28. The van der Waals surface area contributed by atoms with Gasteiger partial charge in [-0.3, -0.25) is 4.79 Å². The topological polar surface area (TPSA) is 53.1 Å². The first-order valence-corrected chi connectivity index (χ1v) is 4.13. The van der Waals surface area contributed by atoms with Crippen molar-refractivity contribution in [3.63, 3.8) is 0 Å². The van der Waals surface area contributed by atoms with E-state index in [9.17, 15) is 4.79 Å². The summed E-state index contributed by atoms with van der Waals surface area (Å²) >= 11 is 0. The number of nitrogens with one attached hydrogen (secondary N) is 1. The van der Waals surface area contributed by atoms with Gasteiger partial charge in [0.1, 0.15) is 0 Å². The molecule has 2 rings (SSSR count). The number of hydrogen-bond donors (Lipinski definition) is 2. The van der Waals surface area contributed by atoms with E-state index in [0.29, 0.717) is 5.92 Å². The summed E-state index contributed by atoms with van der Waals surface area (Å²) in [5, 5.41) is 8.64. The number of H-pyrrole nitrogens is 1. The van der Waals surface area contributed by atoms with Crippen LogP contribution < -0.4 is 0 Å². The summed E-state index contributed by atoms with van der Waals surface area (Å²) in [6.07, 6.45) is 5.42. The molecule has 0 radical (unpaired) electrons. The molecule has 64 valence electrons. The highest BCUT2D eigenvalue weighted by molar-refractivity contribution is 5.71. The number of carbonyl (C=O) groups is 1. The zero-order valence-electron chi connectivity index (χ0n) is 6.66. The number of carboxylic acids is 1. The van der Waals surface area contributed by atoms with Gasteiger partial charge in [-0.1, -0.05) is 0 Å². The van der Waals surface area contributed by atoms with E-state index in [-0.39, 0.29) is 5.92 Å². The first-order valence-electron chi connectivity index (χ1n) is 4.13. The second-order valence-electron chi connectivity index (χ2n) is 3.35. The summed E-state index contributed by atoms with van der Waals surface area (Å²) in [7, 11) is 0. The van der Waals surface area contributed by atoms with Crippen LogP contribution >= 0.6 is 0 Å². The van der Waals surface area contributed by atoms with Crippen LogP contribution in [0, 0.1) is 5.92 Å². The maximum absolute atomic E-state index is 10.5. The predicted octanol–water partition coefficient (Wildman–Crippen LogP) is 1.59. The van der Waals surface area contributed by atoms with E-state index in [4.69, 9.17) is 5.11 Å². The molecule has 1 aromatic heterocycles. The predicted molar refractivity (Wildman–Crippen MR) is 43.9 cm³/mol. The minimum Gasteiger partial charge on any atom is -0.481 e. The lowest BCUT2D eigenvalue weighted by Gasteiger charge is -2.31. The monoisotopic (exact) mass is 165 g/mol. The van der Waals surface area contributed by atoms with Gasteiger partial charge in [0.05, 0.1) is 5.92 Å². The van der Waals surface area contributed by atoms with Gasteiger partial charge in [-0.25, -0.2) is 0 Å². The van der Waals surface area contributed by atoms with Gasteiger partial charge in [-0.05, 0) is 30.4 Å². The van der Waals surface area contributed by atoms with Crippen molar-refractivity contribution in [1.82, 2.24) is 4.98 Å². The van der Waals surface area contributed by atoms with E-state index in [1.54, 1.807) is 0 Å². The molecule has 0 bridgehead atoms. The molecular weight excluding hydrogens is 154 g/mol. The Morgan fingerprint density at radius 2 is 2.33 bits per heavy atom. The number of aromatic nitrogens is 1. The number of hydrogen-bond acceptors (Lipinski definition) is 1. The summed E-state index contributed by atoms with van der Waals surface area (Å²) in [5.74, 6) is -0.288. The Bertz CT molecular complexity index is 273. The third-order valence-electron chi connectivity index (χ3n) is 2.58. The van der Waals surface area contributed by atoms with Gasteiger partial charge < -0.3 is 10.1 Å². The Labute approximate surface area is 70.4 Å². The largest absolute Gasteiger partial charge is 0.481 e. The lowest BCUT2D eigenvalue weighted by atomic mass is 9.72. The first kappa shape index (κ1) is 7.40. The molecule has 1 aliphatic carbocycles. The van der Waals surface area contributed by atoms with Gasteiger partial charge in [-0.2, -0.15) is 0 Å². The van der Waals surface area contributed by atoms with Crippen LogP contribution in [0.15, 0.2) is 18.5 Å². The smallest absolute Gasteiger partial charge is 0.306 e. The van der Waals surface area contributed by atoms with E-state index >= 15 is 0 Å². The number of aromatic amines is 1. The van der Waals surface area contributed by atoms with Crippen molar-refractivity contribution < 1.29 is 9.90 Å². The summed E-state index contributed by atoms with van der Waals surface area (Å²) in [6, 6.07) is 2.02. The molecule has 1 fully saturated rings. The molecule has 2 N–H and O–H groups in total. The maximum Gasteiger partial charge on any atom is 0.306 e. The molecule has 0 saturated heterocycles. The van der Waals surface area contributed by atoms with Gasteiger partial charge in [0.25, 0.3) is 0 Å². The summed E-state index contributed by atoms with van der Waals surface area (Å²) in [4.78, 5) is 13.5. The van der Waals surface area contributed by atoms with Crippen LogP contribution in [0.1, 0.15) is 24.3 Å². The molecule has 3 nitrogen and oxygen atoms in total. The van der Waals surface area contributed by atoms with Crippen molar-refractivity contribution in [2.24, 2.45) is 5.92 Å². The van der Waals surface area contributed by atoms with Gasteiger partial charge in [0.2, 0.25) is 0 Å². The molecule has 1 aromatic rings. The zero-order chi connectivity index (χ0) is 8.55. The van der Waals surface area contributed by atoms with Crippen LogP contribution in [0.2, 0.25) is 0 Å². The molecule has 12 heavy (non-hydrogen) atoms. The molecule has 0 aliphatic heterocycles. The lowest BCUT2D eigenvalue weighted by molar-refractivity contribution is -0.145. The average molecular weight is 165 g/mol.